The average molecular weight is 370 g/mol. The molecule has 0 aliphatic carbocycles. The van der Waals surface area contributed by atoms with E-state index in [1.807, 2.05) is 30.1 Å². The van der Waals surface area contributed by atoms with E-state index in [-0.39, 0.29) is 5.91 Å². The van der Waals surface area contributed by atoms with Crippen molar-refractivity contribution < 1.29 is 4.79 Å². The normalized spacial score (nSPS) is 15.3. The van der Waals surface area contributed by atoms with Crippen molar-refractivity contribution >= 4 is 27.8 Å². The predicted octanol–water partition coefficient (Wildman–Crippen LogP) is 1.42. The Kier molecular flexibility index (Phi) is 5.88. The second kappa shape index (κ2) is 7.67. The fourth-order valence-corrected chi connectivity index (χ4v) is 3.23. The monoisotopic (exact) mass is 369 g/mol. The van der Waals surface area contributed by atoms with Gasteiger partial charge in [0.05, 0.1) is 13.1 Å². The molecule has 0 unspecified atom stereocenters. The lowest BCUT2D eigenvalue weighted by Gasteiger charge is -2.23. The van der Waals surface area contributed by atoms with Crippen LogP contribution in [0.1, 0.15) is 18.5 Å². The van der Waals surface area contributed by atoms with Crippen molar-refractivity contribution in [3.8, 4) is 0 Å². The third kappa shape index (κ3) is 4.25. The van der Waals surface area contributed by atoms with E-state index >= 15 is 0 Å². The fourth-order valence-electron chi connectivity index (χ4n) is 2.66. The Bertz CT molecular complexity index is 548. The van der Waals surface area contributed by atoms with Crippen LogP contribution in [0, 0.1) is 0 Å². The third-order valence-corrected chi connectivity index (χ3v) is 4.34. The summed E-state index contributed by atoms with van der Waals surface area (Å²) in [5, 5.41) is 3.16. The molecule has 1 aromatic rings. The van der Waals surface area contributed by atoms with Gasteiger partial charge in [0, 0.05) is 50.6 Å². The van der Waals surface area contributed by atoms with Crippen LogP contribution >= 0.6 is 15.9 Å². The second-order valence-electron chi connectivity index (χ2n) is 5.61. The van der Waals surface area contributed by atoms with Gasteiger partial charge in [0.1, 0.15) is 0 Å². The van der Waals surface area contributed by atoms with Crippen LogP contribution < -0.4 is 5.32 Å². The van der Waals surface area contributed by atoms with Gasteiger partial charge in [-0.05, 0) is 34.8 Å². The number of amides is 1. The molecule has 2 rings (SSSR count). The van der Waals surface area contributed by atoms with Crippen LogP contribution in [0.5, 0.6) is 0 Å². The number of aliphatic imine (C=N–C) groups is 1. The number of aryl methyl sites for hydroxylation is 1. The van der Waals surface area contributed by atoms with Gasteiger partial charge in [-0.15, -0.1) is 0 Å². The number of nitrogens with one attached hydrogen (secondary N) is 1. The van der Waals surface area contributed by atoms with Crippen molar-refractivity contribution in [1.29, 1.82) is 0 Å². The molecule has 2 heterocycles. The molecule has 22 heavy (non-hydrogen) atoms. The Morgan fingerprint density at radius 2 is 2.14 bits per heavy atom. The standard InChI is InChI=1S/C15H24BrN5O/c1-17-15(18-9-14(22)21-6-4-5-7-21)20(3)11-13-8-12(16)10-19(13)2/h8,10H,4-7,9,11H2,1-3H3,(H,17,18). The Labute approximate surface area is 140 Å². The number of likely N-dealkylation sites (tertiary alicyclic amines) is 1. The van der Waals surface area contributed by atoms with E-state index in [4.69, 9.17) is 0 Å². The lowest BCUT2D eigenvalue weighted by atomic mass is 10.4. The van der Waals surface area contributed by atoms with E-state index in [2.05, 4.69) is 36.9 Å². The van der Waals surface area contributed by atoms with Crippen molar-refractivity contribution in [3.63, 3.8) is 0 Å². The smallest absolute Gasteiger partial charge is 0.241 e. The van der Waals surface area contributed by atoms with Crippen molar-refractivity contribution in [3.05, 3.63) is 22.4 Å². The Hall–Kier alpha value is -1.50. The average Bonchev–Trinajstić information content (AvgIpc) is 3.10. The van der Waals surface area contributed by atoms with Gasteiger partial charge in [-0.25, -0.2) is 0 Å². The lowest BCUT2D eigenvalue weighted by Crippen LogP contribution is -2.44. The molecule has 0 spiro atoms. The highest BCUT2D eigenvalue weighted by molar-refractivity contribution is 9.10. The highest BCUT2D eigenvalue weighted by Crippen LogP contribution is 2.15. The zero-order valence-electron chi connectivity index (χ0n) is 13.5. The maximum absolute atomic E-state index is 12.1. The first kappa shape index (κ1) is 16.9. The maximum atomic E-state index is 12.1. The van der Waals surface area contributed by atoms with E-state index in [1.165, 1.54) is 5.69 Å². The molecule has 1 aliphatic heterocycles. The quantitative estimate of drug-likeness (QED) is 0.644. The van der Waals surface area contributed by atoms with Crippen molar-refractivity contribution in [2.24, 2.45) is 12.0 Å². The SMILES string of the molecule is CN=C(NCC(=O)N1CCCC1)N(C)Cc1cc(Br)cn1C. The highest BCUT2D eigenvalue weighted by Gasteiger charge is 2.18. The van der Waals surface area contributed by atoms with Crippen LogP contribution in [0.4, 0.5) is 0 Å². The lowest BCUT2D eigenvalue weighted by molar-refractivity contribution is -0.128. The van der Waals surface area contributed by atoms with E-state index in [0.29, 0.717) is 6.54 Å². The first-order chi connectivity index (χ1) is 10.5. The predicted molar refractivity (Wildman–Crippen MR) is 91.8 cm³/mol. The number of rotatable bonds is 4. The third-order valence-electron chi connectivity index (χ3n) is 3.90. The minimum Gasteiger partial charge on any atom is -0.352 e. The molecule has 1 aromatic heterocycles. The van der Waals surface area contributed by atoms with Crippen molar-refractivity contribution in [2.75, 3.05) is 33.7 Å². The molecular weight excluding hydrogens is 346 g/mol. The van der Waals surface area contributed by atoms with Gasteiger partial charge in [0.15, 0.2) is 5.96 Å². The Morgan fingerprint density at radius 3 is 2.68 bits per heavy atom. The fraction of sp³-hybridized carbons (Fsp3) is 0.600. The molecular formula is C15H24BrN5O. The summed E-state index contributed by atoms with van der Waals surface area (Å²) in [4.78, 5) is 20.3. The number of hydrogen-bond acceptors (Lipinski definition) is 2. The molecule has 1 aliphatic rings. The number of hydrogen-bond donors (Lipinski definition) is 1. The first-order valence-corrected chi connectivity index (χ1v) is 8.31. The van der Waals surface area contributed by atoms with E-state index < -0.39 is 0 Å². The first-order valence-electron chi connectivity index (χ1n) is 7.51. The van der Waals surface area contributed by atoms with Gasteiger partial charge in [0.25, 0.3) is 0 Å². The number of guanidine groups is 1. The largest absolute Gasteiger partial charge is 0.352 e. The van der Waals surface area contributed by atoms with Gasteiger partial charge < -0.3 is 19.7 Å². The van der Waals surface area contributed by atoms with E-state index in [0.717, 1.165) is 42.9 Å². The van der Waals surface area contributed by atoms with Crippen LogP contribution in [0.15, 0.2) is 21.7 Å². The summed E-state index contributed by atoms with van der Waals surface area (Å²) in [5.41, 5.74) is 1.17. The van der Waals surface area contributed by atoms with Gasteiger partial charge in [-0.3, -0.25) is 9.79 Å². The van der Waals surface area contributed by atoms with Crippen LogP contribution in [0.3, 0.4) is 0 Å². The van der Waals surface area contributed by atoms with Gasteiger partial charge in [-0.2, -0.15) is 0 Å². The zero-order valence-corrected chi connectivity index (χ0v) is 15.1. The number of carbonyl (C=O) groups is 1. The Balaban J connectivity index is 1.87. The molecule has 122 valence electrons. The molecule has 1 saturated heterocycles. The molecule has 7 heteroatoms. The molecule has 1 fully saturated rings. The van der Waals surface area contributed by atoms with Crippen LogP contribution in [-0.2, 0) is 18.4 Å². The van der Waals surface area contributed by atoms with Gasteiger partial charge >= 0.3 is 0 Å². The molecule has 1 N–H and O–H groups in total. The minimum atomic E-state index is 0.147. The van der Waals surface area contributed by atoms with Crippen LogP contribution in [-0.4, -0.2) is 60.0 Å². The topological polar surface area (TPSA) is 52.9 Å². The van der Waals surface area contributed by atoms with Crippen LogP contribution in [0.25, 0.3) is 0 Å². The molecule has 0 aromatic carbocycles. The molecule has 1 amide bonds. The van der Waals surface area contributed by atoms with E-state index in [9.17, 15) is 4.79 Å². The number of aromatic nitrogens is 1. The zero-order chi connectivity index (χ0) is 16.1. The molecule has 6 nitrogen and oxygen atoms in total. The van der Waals surface area contributed by atoms with E-state index in [1.54, 1.807) is 7.05 Å². The molecule has 0 bridgehead atoms. The highest BCUT2D eigenvalue weighted by atomic mass is 79.9. The summed E-state index contributed by atoms with van der Waals surface area (Å²) in [6.07, 6.45) is 4.25. The summed E-state index contributed by atoms with van der Waals surface area (Å²) in [7, 11) is 5.72. The minimum absolute atomic E-state index is 0.147. The molecule has 0 radical (unpaired) electrons. The number of halogens is 1. The molecule has 0 atom stereocenters. The molecule has 0 saturated carbocycles. The maximum Gasteiger partial charge on any atom is 0.241 e. The summed E-state index contributed by atoms with van der Waals surface area (Å²) in [6, 6.07) is 2.08. The summed E-state index contributed by atoms with van der Waals surface area (Å²) in [5.74, 6) is 0.874. The number of carbonyl (C=O) groups excluding carboxylic acids is 1. The Morgan fingerprint density at radius 1 is 1.45 bits per heavy atom. The summed E-state index contributed by atoms with van der Waals surface area (Å²) in [6.45, 7) is 2.78. The second-order valence-corrected chi connectivity index (χ2v) is 6.52. The summed E-state index contributed by atoms with van der Waals surface area (Å²) >= 11 is 3.48. The van der Waals surface area contributed by atoms with Crippen molar-refractivity contribution in [2.45, 2.75) is 19.4 Å². The van der Waals surface area contributed by atoms with Gasteiger partial charge in [-0.1, -0.05) is 0 Å². The van der Waals surface area contributed by atoms with Gasteiger partial charge in [0.2, 0.25) is 5.91 Å². The van der Waals surface area contributed by atoms with Crippen molar-refractivity contribution in [1.82, 2.24) is 19.7 Å². The van der Waals surface area contributed by atoms with Crippen LogP contribution in [0.2, 0.25) is 0 Å². The number of nitrogens with zero attached hydrogens (tertiary/aromatic N) is 4. The summed E-state index contributed by atoms with van der Waals surface area (Å²) < 4.78 is 3.13.